The fourth-order valence-electron chi connectivity index (χ4n) is 2.32. The lowest BCUT2D eigenvalue weighted by Gasteiger charge is -2.10. The summed E-state index contributed by atoms with van der Waals surface area (Å²) in [5.41, 5.74) is 2.10. The number of allylic oxidation sites excluding steroid dienone is 1. The van der Waals surface area contributed by atoms with E-state index in [9.17, 15) is 4.79 Å². The third-order valence-electron chi connectivity index (χ3n) is 3.83. The lowest BCUT2D eigenvalue weighted by atomic mass is 10.0. The van der Waals surface area contributed by atoms with E-state index < -0.39 is 0 Å². The maximum Gasteiger partial charge on any atom is 0.333 e. The lowest BCUT2D eigenvalue weighted by Crippen LogP contribution is -2.09. The zero-order chi connectivity index (χ0) is 15.2. The average Bonchev–Trinajstić information content (AvgIpc) is 2.46. The molecule has 118 valence electrons. The summed E-state index contributed by atoms with van der Waals surface area (Å²) in [6.45, 7) is 9.01. The van der Waals surface area contributed by atoms with E-state index in [4.69, 9.17) is 4.74 Å². The first kappa shape index (κ1) is 19.2. The Labute approximate surface area is 126 Å². The molecule has 2 nitrogen and oxygen atoms in total. The molecule has 0 spiro atoms. The standard InChI is InChI=1S/C18H34O2/c1-5-8-10-11-12-13-15-20-18(19)16(4)17(7-3)14-9-6-2/h5-15H2,1-4H3. The SMILES string of the molecule is CCCCCCCCOC(=O)C(C)=C(CC)CCCC. The van der Waals surface area contributed by atoms with Gasteiger partial charge in [-0.3, -0.25) is 0 Å². The third-order valence-corrected chi connectivity index (χ3v) is 3.83. The fraction of sp³-hybridized carbons (Fsp3) is 0.833. The minimum absolute atomic E-state index is 0.105. The van der Waals surface area contributed by atoms with Gasteiger partial charge < -0.3 is 4.74 Å². The number of unbranched alkanes of at least 4 members (excludes halogenated alkanes) is 6. The molecule has 0 aliphatic heterocycles. The van der Waals surface area contributed by atoms with Crippen LogP contribution in [0, 0.1) is 0 Å². The van der Waals surface area contributed by atoms with E-state index in [-0.39, 0.29) is 5.97 Å². The van der Waals surface area contributed by atoms with Gasteiger partial charge in [-0.2, -0.15) is 0 Å². The van der Waals surface area contributed by atoms with Gasteiger partial charge in [-0.05, 0) is 32.6 Å². The number of carbonyl (C=O) groups is 1. The van der Waals surface area contributed by atoms with Gasteiger partial charge in [-0.15, -0.1) is 0 Å². The molecule has 0 saturated heterocycles. The van der Waals surface area contributed by atoms with E-state index in [1.807, 2.05) is 6.92 Å². The van der Waals surface area contributed by atoms with Gasteiger partial charge in [0, 0.05) is 5.57 Å². The van der Waals surface area contributed by atoms with Gasteiger partial charge in [0.15, 0.2) is 0 Å². The van der Waals surface area contributed by atoms with Crippen LogP contribution in [0.4, 0.5) is 0 Å². The summed E-state index contributed by atoms with van der Waals surface area (Å²) in [5.74, 6) is -0.105. The van der Waals surface area contributed by atoms with Gasteiger partial charge in [-0.1, -0.05) is 64.9 Å². The second-order valence-corrected chi connectivity index (χ2v) is 5.59. The van der Waals surface area contributed by atoms with E-state index in [1.165, 1.54) is 44.1 Å². The van der Waals surface area contributed by atoms with Crippen molar-refractivity contribution in [1.82, 2.24) is 0 Å². The Balaban J connectivity index is 3.91. The molecule has 0 saturated carbocycles. The first-order chi connectivity index (χ1) is 9.67. The van der Waals surface area contributed by atoms with Crippen molar-refractivity contribution in [3.8, 4) is 0 Å². The van der Waals surface area contributed by atoms with Crippen LogP contribution < -0.4 is 0 Å². The van der Waals surface area contributed by atoms with Crippen molar-refractivity contribution in [1.29, 1.82) is 0 Å². The number of carbonyl (C=O) groups excluding carboxylic acids is 1. The van der Waals surface area contributed by atoms with Crippen molar-refractivity contribution in [3.63, 3.8) is 0 Å². The van der Waals surface area contributed by atoms with Gasteiger partial charge in [0.05, 0.1) is 6.61 Å². The zero-order valence-electron chi connectivity index (χ0n) is 14.1. The molecule has 0 aliphatic carbocycles. The van der Waals surface area contributed by atoms with Crippen LogP contribution in [0.5, 0.6) is 0 Å². The topological polar surface area (TPSA) is 26.3 Å². The summed E-state index contributed by atoms with van der Waals surface area (Å²) < 4.78 is 5.38. The number of ether oxygens (including phenoxy) is 1. The van der Waals surface area contributed by atoms with E-state index in [2.05, 4.69) is 20.8 Å². The molecule has 0 fully saturated rings. The third kappa shape index (κ3) is 9.17. The van der Waals surface area contributed by atoms with Crippen LogP contribution in [-0.4, -0.2) is 12.6 Å². The molecule has 0 unspecified atom stereocenters. The number of rotatable bonds is 12. The van der Waals surface area contributed by atoms with Crippen molar-refractivity contribution >= 4 is 5.97 Å². The molecule has 0 aliphatic rings. The van der Waals surface area contributed by atoms with Crippen LogP contribution in [0.1, 0.15) is 91.9 Å². The highest BCUT2D eigenvalue weighted by Gasteiger charge is 2.10. The van der Waals surface area contributed by atoms with Gasteiger partial charge >= 0.3 is 5.97 Å². The number of hydrogen-bond acceptors (Lipinski definition) is 2. The number of esters is 1. The summed E-state index contributed by atoms with van der Waals surface area (Å²) in [5, 5.41) is 0. The highest BCUT2D eigenvalue weighted by atomic mass is 16.5. The van der Waals surface area contributed by atoms with Gasteiger partial charge in [0.1, 0.15) is 0 Å². The quantitative estimate of drug-likeness (QED) is 0.256. The van der Waals surface area contributed by atoms with Gasteiger partial charge in [0.25, 0.3) is 0 Å². The molecule has 20 heavy (non-hydrogen) atoms. The molecule has 0 rings (SSSR count). The highest BCUT2D eigenvalue weighted by Crippen LogP contribution is 2.17. The smallest absolute Gasteiger partial charge is 0.333 e. The van der Waals surface area contributed by atoms with Crippen LogP contribution in [0.3, 0.4) is 0 Å². The Bertz CT molecular complexity index is 279. The normalized spacial score (nSPS) is 12.2. The summed E-state index contributed by atoms with van der Waals surface area (Å²) in [6, 6.07) is 0. The monoisotopic (exact) mass is 282 g/mol. The average molecular weight is 282 g/mol. The molecule has 2 heteroatoms. The predicted octanol–water partition coefficient (Wildman–Crippen LogP) is 5.81. The molecule has 0 N–H and O–H groups in total. The second kappa shape index (κ2) is 13.2. The number of hydrogen-bond donors (Lipinski definition) is 0. The van der Waals surface area contributed by atoms with Crippen molar-refractivity contribution < 1.29 is 9.53 Å². The Hall–Kier alpha value is -0.790. The molecule has 0 aromatic carbocycles. The molecule has 0 amide bonds. The van der Waals surface area contributed by atoms with Crippen molar-refractivity contribution in [3.05, 3.63) is 11.1 Å². The molecule has 0 aromatic rings. The maximum absolute atomic E-state index is 12.0. The first-order valence-corrected chi connectivity index (χ1v) is 8.53. The predicted molar refractivity (Wildman–Crippen MR) is 86.9 cm³/mol. The second-order valence-electron chi connectivity index (χ2n) is 5.59. The van der Waals surface area contributed by atoms with Crippen LogP contribution in [0.25, 0.3) is 0 Å². The minimum Gasteiger partial charge on any atom is -0.462 e. The van der Waals surface area contributed by atoms with Crippen LogP contribution >= 0.6 is 0 Å². The summed E-state index contributed by atoms with van der Waals surface area (Å²) in [6.07, 6.45) is 11.6. The van der Waals surface area contributed by atoms with Gasteiger partial charge in [-0.25, -0.2) is 4.79 Å². The van der Waals surface area contributed by atoms with E-state index in [0.29, 0.717) is 6.61 Å². The van der Waals surface area contributed by atoms with E-state index in [0.717, 1.165) is 31.3 Å². The van der Waals surface area contributed by atoms with Crippen LogP contribution in [0.15, 0.2) is 11.1 Å². The molecule has 0 heterocycles. The molecule has 0 atom stereocenters. The Morgan fingerprint density at radius 1 is 0.850 bits per heavy atom. The van der Waals surface area contributed by atoms with E-state index >= 15 is 0 Å². The maximum atomic E-state index is 12.0. The molecule has 0 aromatic heterocycles. The van der Waals surface area contributed by atoms with Crippen LogP contribution in [-0.2, 0) is 9.53 Å². The van der Waals surface area contributed by atoms with Gasteiger partial charge in [0.2, 0.25) is 0 Å². The fourth-order valence-corrected chi connectivity index (χ4v) is 2.32. The minimum atomic E-state index is -0.105. The van der Waals surface area contributed by atoms with Crippen LogP contribution in [0.2, 0.25) is 0 Å². The Morgan fingerprint density at radius 2 is 1.45 bits per heavy atom. The summed E-state index contributed by atoms with van der Waals surface area (Å²) >= 11 is 0. The van der Waals surface area contributed by atoms with Crippen molar-refractivity contribution in [2.24, 2.45) is 0 Å². The molecular formula is C18H34O2. The summed E-state index contributed by atoms with van der Waals surface area (Å²) in [4.78, 5) is 12.0. The Kier molecular flexibility index (Phi) is 12.7. The molecule has 0 bridgehead atoms. The van der Waals surface area contributed by atoms with Crippen molar-refractivity contribution in [2.45, 2.75) is 91.9 Å². The molecule has 0 radical (unpaired) electrons. The largest absolute Gasteiger partial charge is 0.462 e. The summed E-state index contributed by atoms with van der Waals surface area (Å²) in [7, 11) is 0. The highest BCUT2D eigenvalue weighted by molar-refractivity contribution is 5.88. The van der Waals surface area contributed by atoms with Crippen molar-refractivity contribution in [2.75, 3.05) is 6.61 Å². The Morgan fingerprint density at radius 3 is 2.05 bits per heavy atom. The lowest BCUT2D eigenvalue weighted by molar-refractivity contribution is -0.139. The zero-order valence-corrected chi connectivity index (χ0v) is 14.1. The molecular weight excluding hydrogens is 248 g/mol. The first-order valence-electron chi connectivity index (χ1n) is 8.53. The van der Waals surface area contributed by atoms with E-state index in [1.54, 1.807) is 0 Å².